The zero-order valence-corrected chi connectivity index (χ0v) is 14.6. The van der Waals surface area contributed by atoms with E-state index < -0.39 is 14.9 Å². The molecular formula is C14H14N4O5S2. The highest BCUT2D eigenvalue weighted by atomic mass is 32.2. The molecule has 9 nitrogen and oxygen atoms in total. The number of methoxy groups -OCH3 is 1. The number of nitrogens with two attached hydrogens (primary N) is 1. The van der Waals surface area contributed by atoms with Gasteiger partial charge in [-0.05, 0) is 42.5 Å². The van der Waals surface area contributed by atoms with E-state index in [1.54, 1.807) is 0 Å². The number of hydrogen-bond acceptors (Lipinski definition) is 6. The van der Waals surface area contributed by atoms with E-state index >= 15 is 0 Å². The third-order valence-electron chi connectivity index (χ3n) is 3.08. The third kappa shape index (κ3) is 4.86. The minimum Gasteiger partial charge on any atom is -0.494 e. The Morgan fingerprint density at radius 1 is 1.20 bits per heavy atom. The number of hydrogen-bond donors (Lipinski definition) is 3. The van der Waals surface area contributed by atoms with Gasteiger partial charge >= 0.3 is 0 Å². The molecule has 0 heterocycles. The van der Waals surface area contributed by atoms with Crippen molar-refractivity contribution >= 4 is 44.4 Å². The van der Waals surface area contributed by atoms with E-state index in [0.29, 0.717) is 11.4 Å². The van der Waals surface area contributed by atoms with Crippen molar-refractivity contribution in [1.29, 1.82) is 0 Å². The van der Waals surface area contributed by atoms with Crippen LogP contribution in [0.3, 0.4) is 0 Å². The normalized spacial score (nSPS) is 10.8. The van der Waals surface area contributed by atoms with Crippen molar-refractivity contribution in [3.05, 3.63) is 52.6 Å². The molecule has 0 atom stereocenters. The largest absolute Gasteiger partial charge is 0.494 e. The van der Waals surface area contributed by atoms with Crippen LogP contribution in [0.15, 0.2) is 47.4 Å². The maximum atomic E-state index is 11.2. The number of anilines is 2. The van der Waals surface area contributed by atoms with Crippen molar-refractivity contribution in [3.63, 3.8) is 0 Å². The monoisotopic (exact) mass is 382 g/mol. The Morgan fingerprint density at radius 3 is 2.36 bits per heavy atom. The van der Waals surface area contributed by atoms with Gasteiger partial charge in [0.05, 0.1) is 28.7 Å². The maximum absolute atomic E-state index is 11.2. The molecule has 132 valence electrons. The Labute approximate surface area is 149 Å². The number of rotatable bonds is 5. The molecule has 0 aliphatic carbocycles. The van der Waals surface area contributed by atoms with Crippen LogP contribution in [0, 0.1) is 10.1 Å². The molecule has 11 heteroatoms. The van der Waals surface area contributed by atoms with Crippen LogP contribution in [0.2, 0.25) is 0 Å². The molecule has 0 bridgehead atoms. The highest BCUT2D eigenvalue weighted by molar-refractivity contribution is 7.89. The number of thiocarbonyl (C=S) groups is 1. The summed E-state index contributed by atoms with van der Waals surface area (Å²) in [7, 11) is -2.38. The molecule has 0 saturated carbocycles. The van der Waals surface area contributed by atoms with Gasteiger partial charge in [-0.1, -0.05) is 0 Å². The minimum absolute atomic E-state index is 0.0195. The Morgan fingerprint density at radius 2 is 1.84 bits per heavy atom. The highest BCUT2D eigenvalue weighted by Crippen LogP contribution is 2.29. The van der Waals surface area contributed by atoms with Crippen LogP contribution in [-0.2, 0) is 10.0 Å². The summed E-state index contributed by atoms with van der Waals surface area (Å²) in [5.41, 5.74) is 0.859. The van der Waals surface area contributed by atoms with Crippen LogP contribution in [0.1, 0.15) is 0 Å². The van der Waals surface area contributed by atoms with Gasteiger partial charge in [0.1, 0.15) is 5.75 Å². The highest BCUT2D eigenvalue weighted by Gasteiger charge is 2.12. The van der Waals surface area contributed by atoms with Crippen LogP contribution in [0.5, 0.6) is 5.75 Å². The summed E-state index contributed by atoms with van der Waals surface area (Å²) in [5.74, 6) is 0.253. The summed E-state index contributed by atoms with van der Waals surface area (Å²) in [6.07, 6.45) is 0. The van der Waals surface area contributed by atoms with Crippen molar-refractivity contribution < 1.29 is 18.1 Å². The number of ether oxygens (including phenoxy) is 1. The van der Waals surface area contributed by atoms with Crippen molar-refractivity contribution in [2.45, 2.75) is 4.90 Å². The van der Waals surface area contributed by atoms with Gasteiger partial charge in [0.25, 0.3) is 5.69 Å². The van der Waals surface area contributed by atoms with E-state index in [1.807, 2.05) is 0 Å². The molecule has 0 fully saturated rings. The lowest BCUT2D eigenvalue weighted by Gasteiger charge is -2.13. The number of sulfonamides is 1. The van der Waals surface area contributed by atoms with Gasteiger partial charge in [0.2, 0.25) is 10.0 Å². The molecule has 0 aliphatic rings. The number of nitrogens with one attached hydrogen (secondary N) is 2. The van der Waals surface area contributed by atoms with Gasteiger partial charge in [-0.25, -0.2) is 13.6 Å². The fourth-order valence-electron chi connectivity index (χ4n) is 1.91. The predicted molar refractivity (Wildman–Crippen MR) is 97.3 cm³/mol. The fourth-order valence-corrected chi connectivity index (χ4v) is 2.65. The number of primary sulfonamides is 1. The first-order valence-electron chi connectivity index (χ1n) is 6.74. The molecule has 2 aromatic rings. The second kappa shape index (κ2) is 7.42. The molecule has 0 unspecified atom stereocenters. The van der Waals surface area contributed by atoms with Crippen LogP contribution in [0.25, 0.3) is 0 Å². The first kappa shape index (κ1) is 18.6. The molecule has 0 saturated heterocycles. The minimum atomic E-state index is -3.76. The van der Waals surface area contributed by atoms with Crippen molar-refractivity contribution in [2.24, 2.45) is 5.14 Å². The number of nitro benzene ring substituents is 1. The molecule has 0 aromatic heterocycles. The van der Waals surface area contributed by atoms with Gasteiger partial charge in [0.15, 0.2) is 5.11 Å². The molecule has 0 radical (unpaired) electrons. The zero-order chi connectivity index (χ0) is 18.6. The molecule has 4 N–H and O–H groups in total. The summed E-state index contributed by atoms with van der Waals surface area (Å²) in [6, 6.07) is 9.73. The molecule has 2 aromatic carbocycles. The standard InChI is InChI=1S/C14H14N4O5S2/c1-23-13-8-10(18(19)20)4-7-12(13)17-14(24)16-9-2-5-11(6-3-9)25(15,21)22/h2-8H,1H3,(H2,15,21,22)(H2,16,17,24). The Balaban J connectivity index is 2.11. The van der Waals surface area contributed by atoms with Gasteiger partial charge in [0, 0.05) is 11.8 Å². The van der Waals surface area contributed by atoms with E-state index in [-0.39, 0.29) is 21.4 Å². The lowest BCUT2D eigenvalue weighted by molar-refractivity contribution is -0.384. The molecule has 2 rings (SSSR count). The van der Waals surface area contributed by atoms with E-state index in [0.717, 1.165) is 0 Å². The van der Waals surface area contributed by atoms with Crippen LogP contribution >= 0.6 is 12.2 Å². The third-order valence-corrected chi connectivity index (χ3v) is 4.22. The summed E-state index contributed by atoms with van der Waals surface area (Å²) < 4.78 is 27.5. The quantitative estimate of drug-likeness (QED) is 0.406. The van der Waals surface area contributed by atoms with Crippen molar-refractivity contribution in [3.8, 4) is 5.75 Å². The molecule has 25 heavy (non-hydrogen) atoms. The number of non-ortho nitro benzene ring substituents is 1. The average Bonchev–Trinajstić information content (AvgIpc) is 2.54. The van der Waals surface area contributed by atoms with Gasteiger partial charge in [-0.3, -0.25) is 10.1 Å². The first-order valence-corrected chi connectivity index (χ1v) is 8.69. The molecule has 0 amide bonds. The summed E-state index contributed by atoms with van der Waals surface area (Å²) in [5, 5.41) is 21.7. The summed E-state index contributed by atoms with van der Waals surface area (Å²) in [6.45, 7) is 0. The van der Waals surface area contributed by atoms with E-state index in [1.165, 1.54) is 49.6 Å². The first-order chi connectivity index (χ1) is 11.7. The van der Waals surface area contributed by atoms with Crippen LogP contribution in [-0.4, -0.2) is 25.6 Å². The average molecular weight is 382 g/mol. The smallest absolute Gasteiger partial charge is 0.273 e. The lowest BCUT2D eigenvalue weighted by Crippen LogP contribution is -2.19. The molecule has 0 spiro atoms. The van der Waals surface area contributed by atoms with Crippen molar-refractivity contribution in [2.75, 3.05) is 17.7 Å². The Kier molecular flexibility index (Phi) is 5.51. The summed E-state index contributed by atoms with van der Waals surface area (Å²) >= 11 is 5.16. The fraction of sp³-hybridized carbons (Fsp3) is 0.0714. The number of nitrogens with zero attached hydrogens (tertiary/aromatic N) is 1. The van der Waals surface area contributed by atoms with Crippen LogP contribution < -0.4 is 20.5 Å². The topological polar surface area (TPSA) is 137 Å². The predicted octanol–water partition coefficient (Wildman–Crippen LogP) is 2.06. The Hall–Kier alpha value is -2.76. The number of benzene rings is 2. The zero-order valence-electron chi connectivity index (χ0n) is 12.9. The molecular weight excluding hydrogens is 368 g/mol. The van der Waals surface area contributed by atoms with E-state index in [2.05, 4.69) is 10.6 Å². The molecule has 0 aliphatic heterocycles. The van der Waals surface area contributed by atoms with Crippen molar-refractivity contribution in [1.82, 2.24) is 0 Å². The van der Waals surface area contributed by atoms with Gasteiger partial charge in [-0.2, -0.15) is 0 Å². The second-order valence-electron chi connectivity index (χ2n) is 4.79. The maximum Gasteiger partial charge on any atom is 0.273 e. The number of nitro groups is 1. The van der Waals surface area contributed by atoms with Gasteiger partial charge < -0.3 is 15.4 Å². The van der Waals surface area contributed by atoms with Gasteiger partial charge in [-0.15, -0.1) is 0 Å². The SMILES string of the molecule is COc1cc([N+](=O)[O-])ccc1NC(=S)Nc1ccc(S(N)(=O)=O)cc1. The summed E-state index contributed by atoms with van der Waals surface area (Å²) in [4.78, 5) is 10.2. The lowest BCUT2D eigenvalue weighted by atomic mass is 10.2. The Bertz CT molecular complexity index is 913. The van der Waals surface area contributed by atoms with E-state index in [4.69, 9.17) is 22.1 Å². The van der Waals surface area contributed by atoms with Crippen LogP contribution in [0.4, 0.5) is 17.1 Å². The van der Waals surface area contributed by atoms with E-state index in [9.17, 15) is 18.5 Å². The second-order valence-corrected chi connectivity index (χ2v) is 6.76.